The molecule has 24 heavy (non-hydrogen) atoms. The molecule has 0 aliphatic carbocycles. The zero-order valence-corrected chi connectivity index (χ0v) is 14.3. The van der Waals surface area contributed by atoms with Crippen molar-refractivity contribution in [2.75, 3.05) is 7.05 Å². The zero-order valence-electron chi connectivity index (χ0n) is 13.5. The molecule has 5 heteroatoms. The van der Waals surface area contributed by atoms with Crippen LogP contribution in [0.2, 0.25) is 0 Å². The Hall–Kier alpha value is -2.66. The number of rotatable bonds is 5. The van der Waals surface area contributed by atoms with Gasteiger partial charge in [0.1, 0.15) is 11.5 Å². The molecule has 0 bridgehead atoms. The van der Waals surface area contributed by atoms with Crippen molar-refractivity contribution in [1.29, 1.82) is 0 Å². The number of hydrogen-bond donors (Lipinski definition) is 0. The van der Waals surface area contributed by atoms with E-state index in [1.165, 1.54) is 11.3 Å². The van der Waals surface area contributed by atoms with Crippen LogP contribution in [0, 0.1) is 6.92 Å². The van der Waals surface area contributed by atoms with E-state index >= 15 is 0 Å². The van der Waals surface area contributed by atoms with Crippen molar-refractivity contribution in [2.24, 2.45) is 0 Å². The van der Waals surface area contributed by atoms with E-state index < -0.39 is 0 Å². The molecule has 122 valence electrons. The first-order chi connectivity index (χ1) is 11.6. The van der Waals surface area contributed by atoms with E-state index in [9.17, 15) is 9.59 Å². The fraction of sp³-hybridized carbons (Fsp3) is 0.158. The average molecular weight is 339 g/mol. The maximum atomic E-state index is 12.8. The van der Waals surface area contributed by atoms with Gasteiger partial charge in [0.15, 0.2) is 0 Å². The monoisotopic (exact) mass is 339 g/mol. The predicted octanol–water partition coefficient (Wildman–Crippen LogP) is 4.15. The molecule has 0 N–H and O–H groups in total. The summed E-state index contributed by atoms with van der Waals surface area (Å²) in [6, 6.07) is 14.2. The summed E-state index contributed by atoms with van der Waals surface area (Å²) in [5.74, 6) is 1.19. The molecule has 2 aromatic heterocycles. The normalized spacial score (nSPS) is 10.6. The van der Waals surface area contributed by atoms with Crippen LogP contribution < -0.4 is 0 Å². The molecule has 3 rings (SSSR count). The van der Waals surface area contributed by atoms with Crippen LogP contribution in [0.5, 0.6) is 0 Å². The van der Waals surface area contributed by atoms with E-state index in [0.717, 1.165) is 5.76 Å². The van der Waals surface area contributed by atoms with Gasteiger partial charge in [0.2, 0.25) is 5.78 Å². The Morgan fingerprint density at radius 2 is 1.79 bits per heavy atom. The summed E-state index contributed by atoms with van der Waals surface area (Å²) in [5, 5.41) is 1.85. The topological polar surface area (TPSA) is 50.5 Å². The number of nitrogens with zero attached hydrogens (tertiary/aromatic N) is 1. The smallest absolute Gasteiger partial charge is 0.254 e. The van der Waals surface area contributed by atoms with Gasteiger partial charge in [0.25, 0.3) is 5.91 Å². The van der Waals surface area contributed by atoms with E-state index in [2.05, 4.69) is 0 Å². The predicted molar refractivity (Wildman–Crippen MR) is 93.4 cm³/mol. The summed E-state index contributed by atoms with van der Waals surface area (Å²) in [7, 11) is 1.70. The Morgan fingerprint density at radius 3 is 2.42 bits per heavy atom. The van der Waals surface area contributed by atoms with Crippen molar-refractivity contribution in [2.45, 2.75) is 13.5 Å². The summed E-state index contributed by atoms with van der Waals surface area (Å²) in [4.78, 5) is 27.6. The third kappa shape index (κ3) is 3.31. The zero-order chi connectivity index (χ0) is 17.1. The molecule has 1 amide bonds. The van der Waals surface area contributed by atoms with Crippen LogP contribution in [0.15, 0.2) is 58.3 Å². The van der Waals surface area contributed by atoms with Gasteiger partial charge in [0.05, 0.1) is 17.0 Å². The Balaban J connectivity index is 1.86. The molecule has 0 radical (unpaired) electrons. The van der Waals surface area contributed by atoms with Crippen molar-refractivity contribution in [3.63, 3.8) is 0 Å². The van der Waals surface area contributed by atoms with Gasteiger partial charge >= 0.3 is 0 Å². The fourth-order valence-corrected chi connectivity index (χ4v) is 3.17. The standard InChI is InChI=1S/C19H17NO3S/c1-13-9-10-14(23-13)12-20(2)19(22)16-7-4-3-6-15(16)18(21)17-8-5-11-24-17/h3-11H,12H2,1-2H3. The second-order valence-electron chi connectivity index (χ2n) is 5.53. The number of ketones is 1. The Labute approximate surface area is 144 Å². The highest BCUT2D eigenvalue weighted by molar-refractivity contribution is 7.12. The molecular weight excluding hydrogens is 322 g/mol. The van der Waals surface area contributed by atoms with Gasteiger partial charge < -0.3 is 9.32 Å². The number of benzene rings is 1. The van der Waals surface area contributed by atoms with Gasteiger partial charge in [-0.2, -0.15) is 0 Å². The fourth-order valence-electron chi connectivity index (χ4n) is 2.49. The number of amides is 1. The van der Waals surface area contributed by atoms with Crippen LogP contribution in [0.3, 0.4) is 0 Å². The minimum atomic E-state index is -0.204. The molecule has 0 spiro atoms. The molecular formula is C19H17NO3S. The van der Waals surface area contributed by atoms with Gasteiger partial charge in [-0.25, -0.2) is 0 Å². The Kier molecular flexibility index (Phi) is 4.62. The lowest BCUT2D eigenvalue weighted by Gasteiger charge is -2.17. The van der Waals surface area contributed by atoms with Gasteiger partial charge in [-0.3, -0.25) is 9.59 Å². The number of carbonyl (C=O) groups excluding carboxylic acids is 2. The lowest BCUT2D eigenvalue weighted by atomic mass is 10.0. The van der Waals surface area contributed by atoms with Gasteiger partial charge in [-0.05, 0) is 36.6 Å². The molecule has 2 heterocycles. The number of carbonyl (C=O) groups is 2. The highest BCUT2D eigenvalue weighted by Gasteiger charge is 2.21. The maximum absolute atomic E-state index is 12.8. The molecule has 0 unspecified atom stereocenters. The van der Waals surface area contributed by atoms with Crippen molar-refractivity contribution >= 4 is 23.0 Å². The Morgan fingerprint density at radius 1 is 1.04 bits per heavy atom. The van der Waals surface area contributed by atoms with E-state index in [0.29, 0.717) is 28.3 Å². The number of furan rings is 1. The maximum Gasteiger partial charge on any atom is 0.254 e. The van der Waals surface area contributed by atoms with Crippen LogP contribution in [-0.2, 0) is 6.54 Å². The molecule has 3 aromatic rings. The van der Waals surface area contributed by atoms with Gasteiger partial charge in [0, 0.05) is 12.6 Å². The van der Waals surface area contributed by atoms with E-state index in [1.807, 2.05) is 30.5 Å². The second kappa shape index (κ2) is 6.84. The van der Waals surface area contributed by atoms with Crippen LogP contribution in [0.4, 0.5) is 0 Å². The molecule has 1 aromatic carbocycles. The van der Waals surface area contributed by atoms with Crippen molar-refractivity contribution in [3.8, 4) is 0 Å². The molecule has 0 aliphatic heterocycles. The lowest BCUT2D eigenvalue weighted by molar-refractivity contribution is 0.0770. The van der Waals surface area contributed by atoms with Crippen molar-refractivity contribution in [1.82, 2.24) is 4.90 Å². The minimum Gasteiger partial charge on any atom is -0.464 e. The lowest BCUT2D eigenvalue weighted by Crippen LogP contribution is -2.27. The molecule has 0 saturated carbocycles. The minimum absolute atomic E-state index is 0.129. The molecule has 0 fully saturated rings. The van der Waals surface area contributed by atoms with Crippen LogP contribution >= 0.6 is 11.3 Å². The van der Waals surface area contributed by atoms with Crippen molar-refractivity contribution in [3.05, 3.63) is 81.4 Å². The quantitative estimate of drug-likeness (QED) is 0.656. The third-order valence-corrected chi connectivity index (χ3v) is 4.55. The SMILES string of the molecule is Cc1ccc(CN(C)C(=O)c2ccccc2C(=O)c2cccs2)o1. The average Bonchev–Trinajstić information content (AvgIpc) is 3.25. The summed E-state index contributed by atoms with van der Waals surface area (Å²) < 4.78 is 5.52. The Bertz CT molecular complexity index is 864. The highest BCUT2D eigenvalue weighted by Crippen LogP contribution is 2.20. The molecule has 0 atom stereocenters. The summed E-state index contributed by atoms with van der Waals surface area (Å²) in [6.45, 7) is 2.22. The van der Waals surface area contributed by atoms with Crippen LogP contribution in [-0.4, -0.2) is 23.6 Å². The van der Waals surface area contributed by atoms with Gasteiger partial charge in [-0.15, -0.1) is 11.3 Å². The third-order valence-electron chi connectivity index (χ3n) is 3.68. The van der Waals surface area contributed by atoms with E-state index in [-0.39, 0.29) is 11.7 Å². The molecule has 4 nitrogen and oxygen atoms in total. The van der Waals surface area contributed by atoms with Crippen LogP contribution in [0.25, 0.3) is 0 Å². The van der Waals surface area contributed by atoms with E-state index in [4.69, 9.17) is 4.42 Å². The number of thiophene rings is 1. The number of hydrogen-bond acceptors (Lipinski definition) is 4. The van der Waals surface area contributed by atoms with Gasteiger partial charge in [-0.1, -0.05) is 24.3 Å². The van der Waals surface area contributed by atoms with E-state index in [1.54, 1.807) is 42.3 Å². The van der Waals surface area contributed by atoms with Crippen LogP contribution in [0.1, 0.15) is 37.1 Å². The summed E-state index contributed by atoms with van der Waals surface area (Å²) in [5.41, 5.74) is 0.828. The first-order valence-electron chi connectivity index (χ1n) is 7.54. The summed E-state index contributed by atoms with van der Waals surface area (Å²) in [6.07, 6.45) is 0. The first-order valence-corrected chi connectivity index (χ1v) is 8.42. The molecule has 0 saturated heterocycles. The first kappa shape index (κ1) is 16.2. The largest absolute Gasteiger partial charge is 0.464 e. The summed E-state index contributed by atoms with van der Waals surface area (Å²) >= 11 is 1.37. The van der Waals surface area contributed by atoms with Crippen molar-refractivity contribution < 1.29 is 14.0 Å². The highest BCUT2D eigenvalue weighted by atomic mass is 32.1. The number of aryl methyl sites for hydroxylation is 1. The molecule has 0 aliphatic rings. The second-order valence-corrected chi connectivity index (χ2v) is 6.47.